The summed E-state index contributed by atoms with van der Waals surface area (Å²) in [5.41, 5.74) is 10.5. The van der Waals surface area contributed by atoms with Crippen LogP contribution in [0, 0.1) is 6.92 Å². The Labute approximate surface area is 102 Å². The van der Waals surface area contributed by atoms with Gasteiger partial charge in [-0.3, -0.25) is 4.68 Å². The average molecular weight is 238 g/mol. The van der Waals surface area contributed by atoms with Crippen LogP contribution in [-0.4, -0.2) is 9.78 Å². The van der Waals surface area contributed by atoms with Gasteiger partial charge in [0.15, 0.2) is 0 Å². The van der Waals surface area contributed by atoms with E-state index in [1.807, 2.05) is 30.2 Å². The standard InChI is InChI=1S/C12H15N3.ClH/c1-9-10(6-13)4-3-5-12(9)11-7-14-15(2)8-11;/h3-5,7-8H,6,13H2,1-2H3;1H. The van der Waals surface area contributed by atoms with E-state index in [1.54, 1.807) is 0 Å². The van der Waals surface area contributed by atoms with Crippen molar-refractivity contribution in [3.8, 4) is 11.1 Å². The van der Waals surface area contributed by atoms with Crippen LogP contribution in [0.3, 0.4) is 0 Å². The van der Waals surface area contributed by atoms with Crippen molar-refractivity contribution in [2.24, 2.45) is 12.8 Å². The molecule has 16 heavy (non-hydrogen) atoms. The Bertz CT molecular complexity index is 477. The first-order chi connectivity index (χ1) is 7.22. The van der Waals surface area contributed by atoms with Crippen LogP contribution in [0.2, 0.25) is 0 Å². The third-order valence-electron chi connectivity index (χ3n) is 2.68. The molecule has 2 rings (SSSR count). The van der Waals surface area contributed by atoms with Gasteiger partial charge in [-0.15, -0.1) is 12.4 Å². The number of aryl methyl sites for hydroxylation is 1. The van der Waals surface area contributed by atoms with E-state index in [4.69, 9.17) is 5.73 Å². The predicted molar refractivity (Wildman–Crippen MR) is 68.5 cm³/mol. The van der Waals surface area contributed by atoms with E-state index in [9.17, 15) is 0 Å². The molecular formula is C12H16ClN3. The van der Waals surface area contributed by atoms with Crippen molar-refractivity contribution in [2.45, 2.75) is 13.5 Å². The summed E-state index contributed by atoms with van der Waals surface area (Å²) in [6.07, 6.45) is 3.89. The van der Waals surface area contributed by atoms with Crippen LogP contribution in [0.1, 0.15) is 11.1 Å². The van der Waals surface area contributed by atoms with Crippen LogP contribution >= 0.6 is 12.4 Å². The van der Waals surface area contributed by atoms with E-state index >= 15 is 0 Å². The zero-order valence-electron chi connectivity index (χ0n) is 9.47. The van der Waals surface area contributed by atoms with Gasteiger partial charge >= 0.3 is 0 Å². The lowest BCUT2D eigenvalue weighted by molar-refractivity contribution is 0.768. The summed E-state index contributed by atoms with van der Waals surface area (Å²) in [5, 5.41) is 4.18. The van der Waals surface area contributed by atoms with E-state index < -0.39 is 0 Å². The molecule has 1 aromatic heterocycles. The van der Waals surface area contributed by atoms with Crippen molar-refractivity contribution in [3.05, 3.63) is 41.7 Å². The molecule has 0 amide bonds. The van der Waals surface area contributed by atoms with Gasteiger partial charge in [0.25, 0.3) is 0 Å². The van der Waals surface area contributed by atoms with Gasteiger partial charge in [0, 0.05) is 25.4 Å². The van der Waals surface area contributed by atoms with Gasteiger partial charge in [-0.25, -0.2) is 0 Å². The minimum Gasteiger partial charge on any atom is -0.326 e. The molecule has 0 radical (unpaired) electrons. The third-order valence-corrected chi connectivity index (χ3v) is 2.68. The summed E-state index contributed by atoms with van der Waals surface area (Å²) in [4.78, 5) is 0. The number of halogens is 1. The van der Waals surface area contributed by atoms with Crippen LogP contribution in [-0.2, 0) is 13.6 Å². The molecular weight excluding hydrogens is 222 g/mol. The number of benzene rings is 1. The Hall–Kier alpha value is -1.32. The molecule has 4 heteroatoms. The molecule has 2 aromatic rings. The van der Waals surface area contributed by atoms with E-state index in [0.29, 0.717) is 6.54 Å². The van der Waals surface area contributed by atoms with Gasteiger partial charge in [-0.2, -0.15) is 5.10 Å². The molecule has 0 saturated carbocycles. The minimum atomic E-state index is 0. The number of hydrogen-bond acceptors (Lipinski definition) is 2. The fraction of sp³-hybridized carbons (Fsp3) is 0.250. The van der Waals surface area contributed by atoms with Crippen LogP contribution in [0.5, 0.6) is 0 Å². The van der Waals surface area contributed by atoms with Crippen LogP contribution < -0.4 is 5.73 Å². The lowest BCUT2D eigenvalue weighted by Gasteiger charge is -2.07. The Balaban J connectivity index is 0.00000128. The average Bonchev–Trinajstić information content (AvgIpc) is 2.65. The molecule has 0 spiro atoms. The fourth-order valence-corrected chi connectivity index (χ4v) is 1.78. The number of nitrogens with two attached hydrogens (primary N) is 1. The van der Waals surface area contributed by atoms with Gasteiger partial charge in [0.05, 0.1) is 6.20 Å². The van der Waals surface area contributed by atoms with E-state index in [1.165, 1.54) is 16.7 Å². The second kappa shape index (κ2) is 5.14. The first-order valence-corrected chi connectivity index (χ1v) is 5.00. The monoisotopic (exact) mass is 237 g/mol. The second-order valence-corrected chi connectivity index (χ2v) is 3.70. The van der Waals surface area contributed by atoms with Gasteiger partial charge in [0.1, 0.15) is 0 Å². The van der Waals surface area contributed by atoms with E-state index in [0.717, 1.165) is 5.56 Å². The van der Waals surface area contributed by atoms with Crippen LogP contribution in [0.25, 0.3) is 11.1 Å². The molecule has 0 fully saturated rings. The Morgan fingerprint density at radius 1 is 1.38 bits per heavy atom. The lowest BCUT2D eigenvalue weighted by Crippen LogP contribution is -1.99. The Morgan fingerprint density at radius 2 is 2.12 bits per heavy atom. The molecule has 0 aliphatic rings. The van der Waals surface area contributed by atoms with Gasteiger partial charge in [-0.1, -0.05) is 18.2 Å². The van der Waals surface area contributed by atoms with Crippen molar-refractivity contribution in [1.82, 2.24) is 9.78 Å². The number of nitrogens with zero attached hydrogens (tertiary/aromatic N) is 2. The SMILES string of the molecule is Cc1c(CN)cccc1-c1cnn(C)c1.Cl. The molecule has 1 heterocycles. The van der Waals surface area contributed by atoms with Crippen molar-refractivity contribution in [2.75, 3.05) is 0 Å². The predicted octanol–water partition coefficient (Wildman–Crippen LogP) is 2.28. The van der Waals surface area contributed by atoms with E-state index in [2.05, 4.69) is 24.2 Å². The highest BCUT2D eigenvalue weighted by Gasteiger charge is 2.06. The highest BCUT2D eigenvalue weighted by atomic mass is 35.5. The molecule has 3 nitrogen and oxygen atoms in total. The van der Waals surface area contributed by atoms with Gasteiger partial charge in [-0.05, 0) is 23.6 Å². The maximum atomic E-state index is 5.68. The molecule has 86 valence electrons. The van der Waals surface area contributed by atoms with Crippen molar-refractivity contribution in [3.63, 3.8) is 0 Å². The zero-order chi connectivity index (χ0) is 10.8. The topological polar surface area (TPSA) is 43.8 Å². The highest BCUT2D eigenvalue weighted by Crippen LogP contribution is 2.24. The third kappa shape index (κ3) is 2.26. The number of hydrogen-bond donors (Lipinski definition) is 1. The molecule has 1 aromatic carbocycles. The Morgan fingerprint density at radius 3 is 2.69 bits per heavy atom. The molecule has 2 N–H and O–H groups in total. The van der Waals surface area contributed by atoms with Crippen LogP contribution in [0.4, 0.5) is 0 Å². The smallest absolute Gasteiger partial charge is 0.0568 e. The maximum Gasteiger partial charge on any atom is 0.0568 e. The van der Waals surface area contributed by atoms with Gasteiger partial charge in [0.2, 0.25) is 0 Å². The largest absolute Gasteiger partial charge is 0.326 e. The summed E-state index contributed by atoms with van der Waals surface area (Å²) in [6.45, 7) is 2.68. The summed E-state index contributed by atoms with van der Waals surface area (Å²) in [7, 11) is 1.92. The van der Waals surface area contributed by atoms with Crippen molar-refractivity contribution >= 4 is 12.4 Å². The molecule has 0 aliphatic carbocycles. The fourth-order valence-electron chi connectivity index (χ4n) is 1.78. The first kappa shape index (κ1) is 12.7. The summed E-state index contributed by atoms with van der Waals surface area (Å²) >= 11 is 0. The van der Waals surface area contributed by atoms with Crippen molar-refractivity contribution < 1.29 is 0 Å². The summed E-state index contributed by atoms with van der Waals surface area (Å²) in [5.74, 6) is 0. The Kier molecular flexibility index (Phi) is 4.10. The lowest BCUT2D eigenvalue weighted by atomic mass is 9.99. The molecule has 0 bridgehead atoms. The molecule has 0 unspecified atom stereocenters. The molecule has 0 aliphatic heterocycles. The highest BCUT2D eigenvalue weighted by molar-refractivity contribution is 5.85. The normalized spacial score (nSPS) is 9.94. The quantitative estimate of drug-likeness (QED) is 0.871. The maximum absolute atomic E-state index is 5.68. The summed E-state index contributed by atoms with van der Waals surface area (Å²) < 4.78 is 1.81. The van der Waals surface area contributed by atoms with Crippen LogP contribution in [0.15, 0.2) is 30.6 Å². The zero-order valence-corrected chi connectivity index (χ0v) is 10.3. The second-order valence-electron chi connectivity index (χ2n) is 3.70. The number of aromatic nitrogens is 2. The first-order valence-electron chi connectivity index (χ1n) is 5.00. The summed E-state index contributed by atoms with van der Waals surface area (Å²) in [6, 6.07) is 6.21. The van der Waals surface area contributed by atoms with Gasteiger partial charge < -0.3 is 5.73 Å². The van der Waals surface area contributed by atoms with E-state index in [-0.39, 0.29) is 12.4 Å². The minimum absolute atomic E-state index is 0. The van der Waals surface area contributed by atoms with Crippen molar-refractivity contribution in [1.29, 1.82) is 0 Å². The number of rotatable bonds is 2. The molecule has 0 atom stereocenters. The molecule has 0 saturated heterocycles.